The van der Waals surface area contributed by atoms with Crippen LogP contribution in [-0.4, -0.2) is 33.3 Å². The molecule has 0 radical (unpaired) electrons. The summed E-state index contributed by atoms with van der Waals surface area (Å²) in [5, 5.41) is 3.80. The first-order valence-electron chi connectivity index (χ1n) is 11.2. The Morgan fingerprint density at radius 3 is 2.60 bits per heavy atom. The molecule has 1 aromatic heterocycles. The SMILES string of the molecule is COc1cccc(-c2coc3cc(OC)c(/C(C)=C/C(=O)Nc4ccc5c(c4)OCCO5)cc23)c1. The number of fused-ring (bicyclic) bond motifs is 2. The first kappa shape index (κ1) is 22.4. The summed E-state index contributed by atoms with van der Waals surface area (Å²) < 4.78 is 27.9. The molecule has 0 bridgehead atoms. The number of allylic oxidation sites excluding steroid dienone is 1. The van der Waals surface area contributed by atoms with Crippen molar-refractivity contribution in [1.29, 1.82) is 0 Å². The van der Waals surface area contributed by atoms with E-state index in [1.54, 1.807) is 44.8 Å². The number of hydrogen-bond acceptors (Lipinski definition) is 6. The van der Waals surface area contributed by atoms with Crippen molar-refractivity contribution in [3.63, 3.8) is 0 Å². The Morgan fingerprint density at radius 2 is 1.80 bits per heavy atom. The van der Waals surface area contributed by atoms with Crippen LogP contribution in [0.1, 0.15) is 12.5 Å². The lowest BCUT2D eigenvalue weighted by molar-refractivity contribution is -0.111. The molecule has 3 aromatic carbocycles. The Balaban J connectivity index is 1.46. The van der Waals surface area contributed by atoms with Gasteiger partial charge in [-0.15, -0.1) is 0 Å². The number of carbonyl (C=O) groups excluding carboxylic acids is 1. The Kier molecular flexibility index (Phi) is 6.06. The van der Waals surface area contributed by atoms with Gasteiger partial charge in [-0.2, -0.15) is 0 Å². The minimum atomic E-state index is -0.262. The molecule has 0 aliphatic carbocycles. The number of hydrogen-bond donors (Lipinski definition) is 1. The fourth-order valence-electron chi connectivity index (χ4n) is 4.12. The van der Waals surface area contributed by atoms with E-state index in [-0.39, 0.29) is 5.91 Å². The molecule has 1 aliphatic rings. The number of carbonyl (C=O) groups is 1. The lowest BCUT2D eigenvalue weighted by Crippen LogP contribution is -2.16. The monoisotopic (exact) mass is 471 g/mol. The zero-order valence-electron chi connectivity index (χ0n) is 19.7. The third kappa shape index (κ3) is 4.53. The molecule has 0 saturated heterocycles. The van der Waals surface area contributed by atoms with Crippen LogP contribution in [0, 0.1) is 0 Å². The van der Waals surface area contributed by atoms with Crippen LogP contribution in [0.4, 0.5) is 5.69 Å². The summed E-state index contributed by atoms with van der Waals surface area (Å²) in [6, 6.07) is 16.9. The van der Waals surface area contributed by atoms with E-state index in [1.807, 2.05) is 43.3 Å². The number of furan rings is 1. The first-order chi connectivity index (χ1) is 17.1. The smallest absolute Gasteiger partial charge is 0.248 e. The largest absolute Gasteiger partial charge is 0.497 e. The summed E-state index contributed by atoms with van der Waals surface area (Å²) in [4.78, 5) is 12.8. The summed E-state index contributed by atoms with van der Waals surface area (Å²) in [6.45, 7) is 2.87. The third-order valence-electron chi connectivity index (χ3n) is 5.86. The molecule has 0 saturated carbocycles. The van der Waals surface area contributed by atoms with E-state index < -0.39 is 0 Å². The standard InChI is InChI=1S/C28H25NO6/c1-17(11-28(30)29-19-7-8-24-27(13-19)34-10-9-33-24)21-14-22-23(16-35-26(22)15-25(21)32-3)18-5-4-6-20(12-18)31-2/h4-8,11-16H,9-10H2,1-3H3,(H,29,30)/b17-11+. The third-order valence-corrected chi connectivity index (χ3v) is 5.86. The maximum absolute atomic E-state index is 12.8. The van der Waals surface area contributed by atoms with Crippen molar-refractivity contribution in [2.24, 2.45) is 0 Å². The Bertz CT molecular complexity index is 1430. The molecule has 0 unspecified atom stereocenters. The minimum Gasteiger partial charge on any atom is -0.497 e. The zero-order valence-corrected chi connectivity index (χ0v) is 19.7. The molecule has 0 atom stereocenters. The maximum atomic E-state index is 12.8. The number of rotatable bonds is 6. The van der Waals surface area contributed by atoms with Gasteiger partial charge in [-0.1, -0.05) is 12.1 Å². The fourth-order valence-corrected chi connectivity index (χ4v) is 4.12. The van der Waals surface area contributed by atoms with E-state index >= 15 is 0 Å². The minimum absolute atomic E-state index is 0.262. The van der Waals surface area contributed by atoms with Crippen LogP contribution >= 0.6 is 0 Å². The Hall–Kier alpha value is -4.39. The van der Waals surface area contributed by atoms with Crippen LogP contribution in [0.15, 0.2) is 71.4 Å². The number of methoxy groups -OCH3 is 2. The zero-order chi connectivity index (χ0) is 24.4. The van der Waals surface area contributed by atoms with E-state index in [4.69, 9.17) is 23.4 Å². The van der Waals surface area contributed by atoms with Crippen molar-refractivity contribution < 1.29 is 28.2 Å². The van der Waals surface area contributed by atoms with Crippen LogP contribution in [0.25, 0.3) is 27.7 Å². The second-order valence-electron chi connectivity index (χ2n) is 8.11. The number of anilines is 1. The van der Waals surface area contributed by atoms with Gasteiger partial charge in [0.25, 0.3) is 0 Å². The normalized spacial score (nSPS) is 12.9. The van der Waals surface area contributed by atoms with Crippen molar-refractivity contribution in [2.75, 3.05) is 32.8 Å². The summed E-state index contributed by atoms with van der Waals surface area (Å²) in [6.07, 6.45) is 3.27. The van der Waals surface area contributed by atoms with E-state index in [1.165, 1.54) is 0 Å². The fraction of sp³-hybridized carbons (Fsp3) is 0.179. The summed E-state index contributed by atoms with van der Waals surface area (Å²) >= 11 is 0. The van der Waals surface area contributed by atoms with Crippen LogP contribution in [0.3, 0.4) is 0 Å². The van der Waals surface area contributed by atoms with Crippen LogP contribution < -0.4 is 24.3 Å². The highest BCUT2D eigenvalue weighted by atomic mass is 16.6. The highest BCUT2D eigenvalue weighted by Gasteiger charge is 2.16. The molecular formula is C28H25NO6. The molecule has 4 aromatic rings. The summed E-state index contributed by atoms with van der Waals surface area (Å²) in [7, 11) is 3.23. The van der Waals surface area contributed by atoms with Gasteiger partial charge in [-0.25, -0.2) is 0 Å². The topological polar surface area (TPSA) is 79.2 Å². The molecule has 0 fully saturated rings. The van der Waals surface area contributed by atoms with Crippen molar-refractivity contribution >= 4 is 28.1 Å². The van der Waals surface area contributed by atoms with Crippen LogP contribution in [0.2, 0.25) is 0 Å². The molecule has 5 rings (SSSR count). The number of benzene rings is 3. The van der Waals surface area contributed by atoms with Crippen molar-refractivity contribution in [3.8, 4) is 34.1 Å². The maximum Gasteiger partial charge on any atom is 0.248 e. The van der Waals surface area contributed by atoms with Crippen LogP contribution in [-0.2, 0) is 4.79 Å². The molecule has 1 N–H and O–H groups in total. The van der Waals surface area contributed by atoms with Gasteiger partial charge in [-0.05, 0) is 48.4 Å². The molecule has 1 amide bonds. The second-order valence-corrected chi connectivity index (χ2v) is 8.11. The molecule has 7 nitrogen and oxygen atoms in total. The Morgan fingerprint density at radius 1 is 0.971 bits per heavy atom. The summed E-state index contributed by atoms with van der Waals surface area (Å²) in [5.41, 5.74) is 4.76. The van der Waals surface area contributed by atoms with Crippen molar-refractivity contribution in [3.05, 3.63) is 72.5 Å². The van der Waals surface area contributed by atoms with E-state index in [9.17, 15) is 4.79 Å². The van der Waals surface area contributed by atoms with E-state index in [2.05, 4.69) is 5.32 Å². The average molecular weight is 472 g/mol. The predicted octanol–water partition coefficient (Wildman–Crippen LogP) is 5.93. The van der Waals surface area contributed by atoms with Gasteiger partial charge in [0.1, 0.15) is 30.3 Å². The summed E-state index contributed by atoms with van der Waals surface area (Å²) in [5.74, 6) is 2.40. The lowest BCUT2D eigenvalue weighted by Gasteiger charge is -2.18. The van der Waals surface area contributed by atoms with Crippen molar-refractivity contribution in [1.82, 2.24) is 0 Å². The van der Waals surface area contributed by atoms with Gasteiger partial charge < -0.3 is 28.7 Å². The second kappa shape index (κ2) is 9.46. The average Bonchev–Trinajstić information content (AvgIpc) is 3.30. The molecule has 7 heteroatoms. The van der Waals surface area contributed by atoms with E-state index in [0.717, 1.165) is 33.4 Å². The van der Waals surface area contributed by atoms with Gasteiger partial charge in [0.15, 0.2) is 11.5 Å². The molecule has 178 valence electrons. The number of nitrogens with one attached hydrogen (secondary N) is 1. The predicted molar refractivity (Wildman–Crippen MR) is 134 cm³/mol. The highest BCUT2D eigenvalue weighted by molar-refractivity contribution is 6.05. The van der Waals surface area contributed by atoms with Gasteiger partial charge >= 0.3 is 0 Å². The number of ether oxygens (including phenoxy) is 4. The quantitative estimate of drug-likeness (QED) is 0.351. The van der Waals surface area contributed by atoms with Crippen molar-refractivity contribution in [2.45, 2.75) is 6.92 Å². The lowest BCUT2D eigenvalue weighted by atomic mass is 9.99. The Labute approximate surface area is 202 Å². The molecule has 35 heavy (non-hydrogen) atoms. The highest BCUT2D eigenvalue weighted by Crippen LogP contribution is 2.38. The first-order valence-corrected chi connectivity index (χ1v) is 11.2. The molecular weight excluding hydrogens is 446 g/mol. The number of amides is 1. The molecule has 2 heterocycles. The molecule has 0 spiro atoms. The van der Waals surface area contributed by atoms with Gasteiger partial charge in [0.2, 0.25) is 5.91 Å². The van der Waals surface area contributed by atoms with Gasteiger partial charge in [0, 0.05) is 40.4 Å². The molecule has 1 aliphatic heterocycles. The van der Waals surface area contributed by atoms with Gasteiger partial charge in [0.05, 0.1) is 20.5 Å². The van der Waals surface area contributed by atoms with E-state index in [0.29, 0.717) is 41.7 Å². The van der Waals surface area contributed by atoms with Gasteiger partial charge in [-0.3, -0.25) is 4.79 Å². The van der Waals surface area contributed by atoms with Crippen LogP contribution in [0.5, 0.6) is 23.0 Å².